The van der Waals surface area contributed by atoms with Gasteiger partial charge in [-0.05, 0) is 98.6 Å². The molecule has 0 spiro atoms. The van der Waals surface area contributed by atoms with Crippen molar-refractivity contribution in [1.82, 2.24) is 14.6 Å². The van der Waals surface area contributed by atoms with E-state index in [1.165, 1.54) is 4.90 Å². The van der Waals surface area contributed by atoms with E-state index in [-0.39, 0.29) is 25.7 Å². The molecule has 0 bridgehead atoms. The number of ether oxygens (including phenoxy) is 2. The molecule has 13 nitrogen and oxygen atoms in total. The maximum absolute atomic E-state index is 13.2. The fourth-order valence-corrected chi connectivity index (χ4v) is 7.85. The Bertz CT molecular complexity index is 1830. The Morgan fingerprint density at radius 1 is 1.02 bits per heavy atom. The first-order chi connectivity index (χ1) is 26.3. The van der Waals surface area contributed by atoms with Gasteiger partial charge < -0.3 is 39.9 Å². The summed E-state index contributed by atoms with van der Waals surface area (Å²) in [4.78, 5) is 20.0. The Hall–Kier alpha value is -2.83. The summed E-state index contributed by atoms with van der Waals surface area (Å²) in [6.45, 7) is 0.0273. The van der Waals surface area contributed by atoms with Crippen LogP contribution in [0.2, 0.25) is 5.02 Å². The SMILES string of the molecule is CS(=O)(=O)NCCCCN(CCCCSc1ccc(Cl)c(COC2(c3cnccc3-c3ccccc3OC3CC3)CC2)c1)C(=O)[C@@H](O)[C@@H](O)[C@H](O)[C@@H](O)CO. The topological polar surface area (TPSA) is 199 Å². The van der Waals surface area contributed by atoms with E-state index in [2.05, 4.69) is 15.8 Å². The third-order valence-electron chi connectivity index (χ3n) is 9.66. The van der Waals surface area contributed by atoms with Crippen LogP contribution in [0.15, 0.2) is 65.8 Å². The third kappa shape index (κ3) is 12.6. The number of carbonyl (C=O) groups excluding carboxylic acids is 1. The van der Waals surface area contributed by atoms with Gasteiger partial charge in [0.15, 0.2) is 6.10 Å². The van der Waals surface area contributed by atoms with Gasteiger partial charge in [0, 0.05) is 53.1 Å². The molecule has 1 amide bonds. The van der Waals surface area contributed by atoms with Crippen molar-refractivity contribution in [3.8, 4) is 16.9 Å². The molecule has 5 rings (SSSR count). The van der Waals surface area contributed by atoms with Crippen LogP contribution >= 0.6 is 23.4 Å². The summed E-state index contributed by atoms with van der Waals surface area (Å²) in [6.07, 6.45) is 3.23. The Labute approximate surface area is 332 Å². The van der Waals surface area contributed by atoms with E-state index in [4.69, 9.17) is 26.2 Å². The predicted octanol–water partition coefficient (Wildman–Crippen LogP) is 3.62. The average molecular weight is 822 g/mol. The standard InChI is InChI=1S/C39H52ClN3O10S2/c1-55(50,51)42-17-4-5-19-43(38(49)37(48)36(47)35(46)33(45)24-44)20-6-7-21-54-28-12-13-32(40)26(22-28)25-52-39(15-16-39)31-23-41-18-14-29(31)30-8-2-3-9-34(30)53-27-10-11-27/h2-3,8-9,12-14,18,22-23,27,33,35-37,42,44-48H,4-7,10-11,15-17,19-21,24-25H2,1H3/t33-,35+,36-,37-/m0/s1. The predicted molar refractivity (Wildman–Crippen MR) is 210 cm³/mol. The molecule has 1 heterocycles. The smallest absolute Gasteiger partial charge is 0.254 e. The largest absolute Gasteiger partial charge is 0.490 e. The van der Waals surface area contributed by atoms with Gasteiger partial charge in [-0.2, -0.15) is 0 Å². The minimum Gasteiger partial charge on any atom is -0.490 e. The lowest BCUT2D eigenvalue weighted by Gasteiger charge is -2.30. The summed E-state index contributed by atoms with van der Waals surface area (Å²) in [5.41, 5.74) is 3.49. The van der Waals surface area contributed by atoms with Crippen LogP contribution in [0, 0.1) is 0 Å². The molecule has 2 aliphatic rings. The Morgan fingerprint density at radius 3 is 2.44 bits per heavy atom. The molecule has 2 aromatic carbocycles. The van der Waals surface area contributed by atoms with Crippen molar-refractivity contribution in [2.24, 2.45) is 0 Å². The number of hydrogen-bond donors (Lipinski definition) is 6. The molecule has 1 aromatic heterocycles. The number of hydrogen-bond acceptors (Lipinski definition) is 12. The average Bonchev–Trinajstić information content (AvgIpc) is 4.13. The van der Waals surface area contributed by atoms with Crippen molar-refractivity contribution < 1.29 is 48.2 Å². The van der Waals surface area contributed by atoms with Gasteiger partial charge in [0.1, 0.15) is 24.1 Å². The van der Waals surface area contributed by atoms with Gasteiger partial charge in [0.25, 0.3) is 5.91 Å². The number of aliphatic hydroxyl groups excluding tert-OH is 5. The monoisotopic (exact) mass is 821 g/mol. The Kier molecular flexibility index (Phi) is 15.8. The molecule has 0 radical (unpaired) electrons. The van der Waals surface area contributed by atoms with Crippen molar-refractivity contribution in [2.45, 2.75) is 99.0 Å². The van der Waals surface area contributed by atoms with E-state index in [9.17, 15) is 33.6 Å². The Morgan fingerprint density at radius 2 is 1.75 bits per heavy atom. The Balaban J connectivity index is 1.15. The van der Waals surface area contributed by atoms with Crippen molar-refractivity contribution in [3.63, 3.8) is 0 Å². The highest BCUT2D eigenvalue weighted by atomic mass is 35.5. The molecule has 16 heteroatoms. The van der Waals surface area contributed by atoms with Crippen LogP contribution in [0.1, 0.15) is 62.5 Å². The van der Waals surface area contributed by atoms with Gasteiger partial charge in [0.2, 0.25) is 10.0 Å². The molecule has 4 atom stereocenters. The molecule has 0 aliphatic heterocycles. The lowest BCUT2D eigenvalue weighted by molar-refractivity contribution is -0.158. The summed E-state index contributed by atoms with van der Waals surface area (Å²) < 4.78 is 38.0. The fraction of sp³-hybridized carbons (Fsp3) is 0.538. The minimum atomic E-state index is -3.37. The van der Waals surface area contributed by atoms with Crippen molar-refractivity contribution in [2.75, 3.05) is 38.2 Å². The van der Waals surface area contributed by atoms with Gasteiger partial charge in [-0.15, -0.1) is 11.8 Å². The van der Waals surface area contributed by atoms with Crippen molar-refractivity contribution in [1.29, 1.82) is 0 Å². The van der Waals surface area contributed by atoms with Crippen LogP contribution in [0.3, 0.4) is 0 Å². The zero-order chi connectivity index (χ0) is 39.6. The van der Waals surface area contributed by atoms with Crippen molar-refractivity contribution in [3.05, 3.63) is 77.1 Å². The zero-order valence-electron chi connectivity index (χ0n) is 30.9. The van der Waals surface area contributed by atoms with Crippen LogP contribution in [-0.2, 0) is 31.8 Å². The number of benzene rings is 2. The molecular formula is C39H52ClN3O10S2. The molecular weight excluding hydrogens is 770 g/mol. The molecule has 302 valence electrons. The van der Waals surface area contributed by atoms with Gasteiger partial charge in [-0.1, -0.05) is 29.8 Å². The second kappa shape index (κ2) is 20.0. The molecule has 0 unspecified atom stereocenters. The number of amides is 1. The molecule has 3 aromatic rings. The maximum atomic E-state index is 13.2. The van der Waals surface area contributed by atoms with E-state index in [1.54, 1.807) is 18.0 Å². The number of para-hydroxylation sites is 1. The number of aromatic nitrogens is 1. The number of pyridine rings is 1. The summed E-state index contributed by atoms with van der Waals surface area (Å²) >= 11 is 8.28. The van der Waals surface area contributed by atoms with Crippen LogP contribution in [0.25, 0.3) is 11.1 Å². The number of aliphatic hydroxyl groups is 5. The number of sulfonamides is 1. The highest BCUT2D eigenvalue weighted by Gasteiger charge is 2.48. The number of nitrogens with zero attached hydrogens (tertiary/aromatic N) is 2. The number of thioether (sulfide) groups is 1. The number of unbranched alkanes of at least 4 members (excludes halogenated alkanes) is 2. The lowest BCUT2D eigenvalue weighted by Crippen LogP contribution is -2.53. The van der Waals surface area contributed by atoms with Gasteiger partial charge in [-0.25, -0.2) is 13.1 Å². The van der Waals surface area contributed by atoms with E-state index in [1.807, 2.05) is 48.7 Å². The maximum Gasteiger partial charge on any atom is 0.254 e. The molecule has 6 N–H and O–H groups in total. The van der Waals surface area contributed by atoms with E-state index in [0.717, 1.165) is 64.8 Å². The quantitative estimate of drug-likeness (QED) is 0.0568. The minimum absolute atomic E-state index is 0.170. The first kappa shape index (κ1) is 43.3. The highest BCUT2D eigenvalue weighted by molar-refractivity contribution is 7.99. The molecule has 2 saturated carbocycles. The number of carbonyl (C=O) groups is 1. The summed E-state index contributed by atoms with van der Waals surface area (Å²) in [7, 11) is -3.37. The summed E-state index contributed by atoms with van der Waals surface area (Å²) in [5, 5.41) is 50.3. The molecule has 55 heavy (non-hydrogen) atoms. The fourth-order valence-electron chi connectivity index (χ4n) is 6.19. The van der Waals surface area contributed by atoms with Crippen LogP contribution in [0.5, 0.6) is 5.75 Å². The van der Waals surface area contributed by atoms with Gasteiger partial charge in [0.05, 0.1) is 31.2 Å². The van der Waals surface area contributed by atoms with Crippen molar-refractivity contribution >= 4 is 39.3 Å². The van der Waals surface area contributed by atoms with Gasteiger partial charge >= 0.3 is 0 Å². The third-order valence-corrected chi connectivity index (χ3v) is 11.8. The van der Waals surface area contributed by atoms with E-state index in [0.29, 0.717) is 43.1 Å². The van der Waals surface area contributed by atoms with Crippen LogP contribution < -0.4 is 9.46 Å². The number of nitrogens with one attached hydrogen (secondary N) is 1. The summed E-state index contributed by atoms with van der Waals surface area (Å²) in [6, 6.07) is 15.9. The molecule has 2 fully saturated rings. The number of rotatable bonds is 24. The highest BCUT2D eigenvalue weighted by Crippen LogP contribution is 2.53. The van der Waals surface area contributed by atoms with E-state index < -0.39 is 52.6 Å². The number of halogens is 1. The molecule has 0 saturated heterocycles. The normalized spacial score (nSPS) is 17.3. The second-order valence-electron chi connectivity index (χ2n) is 14.2. The zero-order valence-corrected chi connectivity index (χ0v) is 33.3. The van der Waals surface area contributed by atoms with Gasteiger partial charge in [-0.3, -0.25) is 9.78 Å². The van der Waals surface area contributed by atoms with Crippen LogP contribution in [0.4, 0.5) is 0 Å². The molecule has 2 aliphatic carbocycles. The second-order valence-corrected chi connectivity index (χ2v) is 17.6. The van der Waals surface area contributed by atoms with Crippen LogP contribution in [-0.4, -0.2) is 119 Å². The lowest BCUT2D eigenvalue weighted by atomic mass is 9.96. The van der Waals surface area contributed by atoms with E-state index >= 15 is 0 Å². The first-order valence-electron chi connectivity index (χ1n) is 18.6. The first-order valence-corrected chi connectivity index (χ1v) is 21.9. The summed E-state index contributed by atoms with van der Waals surface area (Å²) in [5.74, 6) is 0.733.